The van der Waals surface area contributed by atoms with Gasteiger partial charge in [0, 0.05) is 51.4 Å². The molecule has 0 saturated carbocycles. The van der Waals surface area contributed by atoms with E-state index in [4.69, 9.17) is 0 Å². The van der Waals surface area contributed by atoms with Crippen LogP contribution >= 0.6 is 12.6 Å². The fourth-order valence-electron chi connectivity index (χ4n) is 0.123. The molecule has 0 fully saturated rings. The Hall–Kier alpha value is 1.46. The Morgan fingerprint density at radius 3 is 2.29 bits per heavy atom. The van der Waals surface area contributed by atoms with Gasteiger partial charge in [-0.2, -0.15) is 0 Å². The van der Waals surface area contributed by atoms with Crippen LogP contribution in [0.2, 0.25) is 0 Å². The van der Waals surface area contributed by atoms with Crippen LogP contribution in [-0.4, -0.2) is 63.3 Å². The molecule has 0 aliphatic rings. The third-order valence-electron chi connectivity index (χ3n) is 0.268. The zero-order valence-electron chi connectivity index (χ0n) is 4.47. The molecule has 0 aromatic carbocycles. The molecule has 0 aliphatic carbocycles. The van der Waals surface area contributed by atoms with Crippen LogP contribution in [-0.2, 0) is 4.74 Å². The summed E-state index contributed by atoms with van der Waals surface area (Å²) in [5, 5.41) is -0.516. The summed E-state index contributed by atoms with van der Waals surface area (Å²) < 4.78 is 4.27. The van der Waals surface area contributed by atoms with Gasteiger partial charge in [0.15, 0.2) is 0 Å². The van der Waals surface area contributed by atoms with Crippen LogP contribution in [0, 0.1) is 0 Å². The van der Waals surface area contributed by atoms with E-state index < -0.39 is 5.30 Å². The molecule has 0 rings (SSSR count). The Bertz CT molecular complexity index is 56.9. The van der Waals surface area contributed by atoms with E-state index in [1.54, 1.807) is 6.92 Å². The minimum atomic E-state index is -0.516. The fraction of sp³-hybridized carbons (Fsp3) is 0.667. The predicted molar refractivity (Wildman–Crippen MR) is 31.8 cm³/mol. The SMILES string of the molecule is CCOC(=O)S.[K]. The van der Waals surface area contributed by atoms with Gasteiger partial charge in [0.25, 0.3) is 0 Å². The number of carbonyl (C=O) groups excluding carboxylic acids is 1. The number of rotatable bonds is 1. The van der Waals surface area contributed by atoms with E-state index in [1.165, 1.54) is 0 Å². The largest absolute Gasteiger partial charge is 0.458 e. The van der Waals surface area contributed by atoms with Gasteiger partial charge in [-0.1, -0.05) is 12.6 Å². The second-order valence-electron chi connectivity index (χ2n) is 0.699. The Morgan fingerprint density at radius 2 is 2.29 bits per heavy atom. The van der Waals surface area contributed by atoms with Gasteiger partial charge < -0.3 is 4.74 Å². The first-order valence-corrected chi connectivity index (χ1v) is 2.07. The summed E-state index contributed by atoms with van der Waals surface area (Å²) in [5.41, 5.74) is 0. The van der Waals surface area contributed by atoms with Gasteiger partial charge in [-0.25, -0.2) is 4.79 Å². The van der Waals surface area contributed by atoms with Crippen molar-refractivity contribution < 1.29 is 9.53 Å². The summed E-state index contributed by atoms with van der Waals surface area (Å²) in [6.45, 7) is 2.14. The molecule has 0 heterocycles. The molecule has 7 heavy (non-hydrogen) atoms. The number of ether oxygens (including phenoxy) is 1. The second-order valence-corrected chi connectivity index (χ2v) is 1.06. The average molecular weight is 145 g/mol. The predicted octanol–water partition coefficient (Wildman–Crippen LogP) is 0.692. The summed E-state index contributed by atoms with van der Waals surface area (Å²) in [4.78, 5) is 9.69. The molecule has 1 radical (unpaired) electrons. The van der Waals surface area contributed by atoms with Gasteiger partial charge in [-0.3, -0.25) is 0 Å². The number of thiol groups is 1. The van der Waals surface area contributed by atoms with Gasteiger partial charge in [0.05, 0.1) is 6.61 Å². The van der Waals surface area contributed by atoms with E-state index in [0.717, 1.165) is 0 Å². The number of carbonyl (C=O) groups is 1. The van der Waals surface area contributed by atoms with Crippen LogP contribution in [0.25, 0.3) is 0 Å². The van der Waals surface area contributed by atoms with Crippen molar-refractivity contribution in [2.24, 2.45) is 0 Å². The maximum absolute atomic E-state index is 9.69. The zero-order chi connectivity index (χ0) is 4.99. The van der Waals surface area contributed by atoms with Crippen LogP contribution < -0.4 is 0 Å². The molecule has 0 saturated heterocycles. The molecule has 0 N–H and O–H groups in total. The van der Waals surface area contributed by atoms with Gasteiger partial charge in [-0.05, 0) is 6.92 Å². The van der Waals surface area contributed by atoms with E-state index in [9.17, 15) is 4.79 Å². The fourth-order valence-corrected chi connectivity index (χ4v) is 0.253. The van der Waals surface area contributed by atoms with Crippen molar-refractivity contribution in [3.05, 3.63) is 0 Å². The summed E-state index contributed by atoms with van der Waals surface area (Å²) in [6, 6.07) is 0. The van der Waals surface area contributed by atoms with Crippen molar-refractivity contribution in [3.8, 4) is 0 Å². The second kappa shape index (κ2) is 7.46. The Kier molecular flexibility index (Phi) is 12.0. The van der Waals surface area contributed by atoms with Crippen LogP contribution in [0.4, 0.5) is 4.79 Å². The normalized spacial score (nSPS) is 6.57. The van der Waals surface area contributed by atoms with E-state index >= 15 is 0 Å². The van der Waals surface area contributed by atoms with Gasteiger partial charge in [0.2, 0.25) is 0 Å². The van der Waals surface area contributed by atoms with Crippen LogP contribution in [0.15, 0.2) is 0 Å². The molecule has 0 unspecified atom stereocenters. The summed E-state index contributed by atoms with van der Waals surface area (Å²) >= 11 is 3.32. The van der Waals surface area contributed by atoms with Crippen molar-refractivity contribution in [3.63, 3.8) is 0 Å². The summed E-state index contributed by atoms with van der Waals surface area (Å²) in [7, 11) is 0. The van der Waals surface area contributed by atoms with Crippen LogP contribution in [0.1, 0.15) is 6.92 Å². The third-order valence-corrected chi connectivity index (χ3v) is 0.397. The molecule has 0 atom stereocenters. The molecule has 0 aromatic heterocycles. The van der Waals surface area contributed by atoms with Crippen molar-refractivity contribution in [1.29, 1.82) is 0 Å². The molecule has 37 valence electrons. The molecule has 0 bridgehead atoms. The van der Waals surface area contributed by atoms with E-state index in [1.807, 2.05) is 0 Å². The standard InChI is InChI=1S/C3H6O2S.K/c1-2-5-3(4)6;/h2H2,1H3,(H,4,6);. The monoisotopic (exact) mass is 145 g/mol. The Balaban J connectivity index is 0. The van der Waals surface area contributed by atoms with Crippen molar-refractivity contribution in [1.82, 2.24) is 0 Å². The molecule has 0 aliphatic heterocycles. The van der Waals surface area contributed by atoms with E-state index in [-0.39, 0.29) is 51.4 Å². The van der Waals surface area contributed by atoms with Gasteiger partial charge in [0.1, 0.15) is 0 Å². The van der Waals surface area contributed by atoms with E-state index in [0.29, 0.717) is 6.61 Å². The summed E-state index contributed by atoms with van der Waals surface area (Å²) in [6.07, 6.45) is 0. The first-order chi connectivity index (χ1) is 2.77. The number of hydrogen-bond donors (Lipinski definition) is 1. The third kappa shape index (κ3) is 11.2. The molecular formula is C3H6KO2S. The zero-order valence-corrected chi connectivity index (χ0v) is 8.49. The quantitative estimate of drug-likeness (QED) is 0.334. The van der Waals surface area contributed by atoms with E-state index in [2.05, 4.69) is 17.4 Å². The Labute approximate surface area is 90.8 Å². The van der Waals surface area contributed by atoms with Crippen molar-refractivity contribution >= 4 is 69.3 Å². The first-order valence-electron chi connectivity index (χ1n) is 1.63. The minimum absolute atomic E-state index is 0. The first kappa shape index (κ1) is 11.3. The van der Waals surface area contributed by atoms with Crippen LogP contribution in [0.3, 0.4) is 0 Å². The molecule has 0 spiro atoms. The molecule has 0 aromatic rings. The van der Waals surface area contributed by atoms with Gasteiger partial charge >= 0.3 is 5.30 Å². The topological polar surface area (TPSA) is 26.3 Å². The minimum Gasteiger partial charge on any atom is -0.458 e. The van der Waals surface area contributed by atoms with Crippen LogP contribution in [0.5, 0.6) is 0 Å². The average Bonchev–Trinajstić information content (AvgIpc) is 1.35. The Morgan fingerprint density at radius 1 is 1.86 bits per heavy atom. The summed E-state index contributed by atoms with van der Waals surface area (Å²) in [5.74, 6) is 0. The van der Waals surface area contributed by atoms with Gasteiger partial charge in [-0.15, -0.1) is 0 Å². The van der Waals surface area contributed by atoms with Crippen molar-refractivity contribution in [2.75, 3.05) is 6.61 Å². The maximum Gasteiger partial charge on any atom is 0.364 e. The number of hydrogen-bond acceptors (Lipinski definition) is 2. The smallest absolute Gasteiger partial charge is 0.364 e. The molecule has 0 amide bonds. The molecule has 4 heteroatoms. The molecular weight excluding hydrogens is 139 g/mol. The molecule has 2 nitrogen and oxygen atoms in total. The van der Waals surface area contributed by atoms with Crippen molar-refractivity contribution in [2.45, 2.75) is 6.92 Å². The maximum atomic E-state index is 9.69.